The summed E-state index contributed by atoms with van der Waals surface area (Å²) in [4.78, 5) is 11.8. The maximum atomic E-state index is 11.8. The summed E-state index contributed by atoms with van der Waals surface area (Å²) in [6, 6.07) is 6.03. The van der Waals surface area contributed by atoms with Gasteiger partial charge in [-0.1, -0.05) is 13.0 Å². The van der Waals surface area contributed by atoms with Gasteiger partial charge in [-0.05, 0) is 50.5 Å². The average molecular weight is 205 g/mol. The molecule has 0 bridgehead atoms. The summed E-state index contributed by atoms with van der Waals surface area (Å²) >= 11 is 0. The van der Waals surface area contributed by atoms with Gasteiger partial charge in [0.2, 0.25) is 0 Å². The SMILES string of the molecule is CCC(C)NC(=O)c1ccc(C)c(C)c1. The highest BCUT2D eigenvalue weighted by Crippen LogP contribution is 2.09. The van der Waals surface area contributed by atoms with Crippen LogP contribution in [0.25, 0.3) is 0 Å². The molecule has 1 amide bonds. The number of benzene rings is 1. The minimum absolute atomic E-state index is 0.0208. The van der Waals surface area contributed by atoms with Crippen LogP contribution in [0.1, 0.15) is 41.8 Å². The summed E-state index contributed by atoms with van der Waals surface area (Å²) in [7, 11) is 0. The van der Waals surface area contributed by atoms with Crippen LogP contribution in [0.3, 0.4) is 0 Å². The normalized spacial score (nSPS) is 12.3. The van der Waals surface area contributed by atoms with Crippen molar-refractivity contribution < 1.29 is 4.79 Å². The molecule has 2 nitrogen and oxygen atoms in total. The van der Waals surface area contributed by atoms with Crippen LogP contribution < -0.4 is 5.32 Å². The van der Waals surface area contributed by atoms with Crippen molar-refractivity contribution >= 4 is 5.91 Å². The third-order valence-corrected chi connectivity index (χ3v) is 2.76. The Labute approximate surface area is 91.7 Å². The molecule has 0 aliphatic heterocycles. The van der Waals surface area contributed by atoms with E-state index in [0.29, 0.717) is 0 Å². The van der Waals surface area contributed by atoms with Crippen LogP contribution in [0.15, 0.2) is 18.2 Å². The number of carbonyl (C=O) groups excluding carboxylic acids is 1. The van der Waals surface area contributed by atoms with Gasteiger partial charge in [0.15, 0.2) is 0 Å². The Balaban J connectivity index is 2.78. The smallest absolute Gasteiger partial charge is 0.251 e. The quantitative estimate of drug-likeness (QED) is 0.807. The Morgan fingerprint density at radius 1 is 1.33 bits per heavy atom. The van der Waals surface area contributed by atoms with Gasteiger partial charge in [-0.3, -0.25) is 4.79 Å². The summed E-state index contributed by atoms with van der Waals surface area (Å²) in [6.07, 6.45) is 0.955. The third-order valence-electron chi connectivity index (χ3n) is 2.76. The molecule has 1 unspecified atom stereocenters. The number of rotatable bonds is 3. The molecule has 0 radical (unpaired) electrons. The molecule has 0 saturated carbocycles. The highest BCUT2D eigenvalue weighted by atomic mass is 16.1. The maximum absolute atomic E-state index is 11.8. The van der Waals surface area contributed by atoms with E-state index >= 15 is 0 Å². The molecule has 0 fully saturated rings. The standard InChI is InChI=1S/C13H19NO/c1-5-11(4)14-13(15)12-7-6-9(2)10(3)8-12/h6-8,11H,5H2,1-4H3,(H,14,15). The molecule has 1 rings (SSSR count). The molecule has 0 heterocycles. The zero-order chi connectivity index (χ0) is 11.4. The number of hydrogen-bond acceptors (Lipinski definition) is 1. The highest BCUT2D eigenvalue weighted by molar-refractivity contribution is 5.94. The monoisotopic (exact) mass is 205 g/mol. The molecule has 1 atom stereocenters. The number of aryl methyl sites for hydroxylation is 2. The van der Waals surface area contributed by atoms with Gasteiger partial charge in [0, 0.05) is 11.6 Å². The summed E-state index contributed by atoms with van der Waals surface area (Å²) in [5.41, 5.74) is 3.13. The fraction of sp³-hybridized carbons (Fsp3) is 0.462. The van der Waals surface area contributed by atoms with E-state index in [4.69, 9.17) is 0 Å². The second-order valence-electron chi connectivity index (χ2n) is 4.08. The Hall–Kier alpha value is -1.31. The molecule has 1 N–H and O–H groups in total. The Morgan fingerprint density at radius 3 is 2.53 bits per heavy atom. The number of carbonyl (C=O) groups is 1. The lowest BCUT2D eigenvalue weighted by Gasteiger charge is -2.12. The van der Waals surface area contributed by atoms with Crippen molar-refractivity contribution in [1.82, 2.24) is 5.32 Å². The van der Waals surface area contributed by atoms with E-state index in [0.717, 1.165) is 17.5 Å². The molecule has 0 aliphatic carbocycles. The largest absolute Gasteiger partial charge is 0.350 e. The number of hydrogen-bond donors (Lipinski definition) is 1. The molecule has 0 spiro atoms. The van der Waals surface area contributed by atoms with Crippen LogP contribution in [0.4, 0.5) is 0 Å². The van der Waals surface area contributed by atoms with E-state index in [9.17, 15) is 4.79 Å². The van der Waals surface area contributed by atoms with Crippen molar-refractivity contribution in [1.29, 1.82) is 0 Å². The van der Waals surface area contributed by atoms with E-state index in [1.807, 2.05) is 39.0 Å². The molecule has 1 aromatic rings. The van der Waals surface area contributed by atoms with Crippen molar-refractivity contribution in [3.05, 3.63) is 34.9 Å². The summed E-state index contributed by atoms with van der Waals surface area (Å²) in [5, 5.41) is 2.95. The van der Waals surface area contributed by atoms with Crippen LogP contribution in [0.2, 0.25) is 0 Å². The Morgan fingerprint density at radius 2 is 2.00 bits per heavy atom. The molecule has 1 aromatic carbocycles. The Bertz CT molecular complexity index is 358. The van der Waals surface area contributed by atoms with Gasteiger partial charge in [0.25, 0.3) is 5.91 Å². The van der Waals surface area contributed by atoms with E-state index in [1.165, 1.54) is 5.56 Å². The molecule has 0 saturated heterocycles. The van der Waals surface area contributed by atoms with Gasteiger partial charge in [0.05, 0.1) is 0 Å². The lowest BCUT2D eigenvalue weighted by atomic mass is 10.1. The summed E-state index contributed by atoms with van der Waals surface area (Å²) < 4.78 is 0. The molecule has 2 heteroatoms. The second-order valence-corrected chi connectivity index (χ2v) is 4.08. The second kappa shape index (κ2) is 4.96. The zero-order valence-electron chi connectivity index (χ0n) is 9.92. The maximum Gasteiger partial charge on any atom is 0.251 e. The molecule has 0 aliphatic rings. The highest BCUT2D eigenvalue weighted by Gasteiger charge is 2.08. The first kappa shape index (κ1) is 11.8. The minimum atomic E-state index is 0.0208. The van der Waals surface area contributed by atoms with Crippen molar-refractivity contribution in [2.24, 2.45) is 0 Å². The van der Waals surface area contributed by atoms with Gasteiger partial charge in [-0.15, -0.1) is 0 Å². The van der Waals surface area contributed by atoms with Gasteiger partial charge in [-0.25, -0.2) is 0 Å². The predicted molar refractivity (Wildman–Crippen MR) is 63.1 cm³/mol. The fourth-order valence-electron chi connectivity index (χ4n) is 1.29. The van der Waals surface area contributed by atoms with E-state index in [2.05, 4.69) is 12.2 Å². The summed E-state index contributed by atoms with van der Waals surface area (Å²) in [6.45, 7) is 8.14. The molecular weight excluding hydrogens is 186 g/mol. The Kier molecular flexibility index (Phi) is 3.89. The average Bonchev–Trinajstić information content (AvgIpc) is 2.21. The van der Waals surface area contributed by atoms with Gasteiger partial charge in [0.1, 0.15) is 0 Å². The van der Waals surface area contributed by atoms with Crippen molar-refractivity contribution in [2.75, 3.05) is 0 Å². The van der Waals surface area contributed by atoms with Crippen LogP contribution in [0.5, 0.6) is 0 Å². The fourth-order valence-corrected chi connectivity index (χ4v) is 1.29. The lowest BCUT2D eigenvalue weighted by Crippen LogP contribution is -2.31. The van der Waals surface area contributed by atoms with Gasteiger partial charge >= 0.3 is 0 Å². The first-order chi connectivity index (χ1) is 7.04. The topological polar surface area (TPSA) is 29.1 Å². The van der Waals surface area contributed by atoms with E-state index in [-0.39, 0.29) is 11.9 Å². The number of amides is 1. The summed E-state index contributed by atoms with van der Waals surface area (Å²) in [5.74, 6) is 0.0208. The third kappa shape index (κ3) is 3.08. The van der Waals surface area contributed by atoms with Crippen molar-refractivity contribution in [3.63, 3.8) is 0 Å². The van der Waals surface area contributed by atoms with Crippen molar-refractivity contribution in [3.8, 4) is 0 Å². The molecule has 82 valence electrons. The van der Waals surface area contributed by atoms with Gasteiger partial charge < -0.3 is 5.32 Å². The van der Waals surface area contributed by atoms with Crippen LogP contribution >= 0.6 is 0 Å². The van der Waals surface area contributed by atoms with Crippen LogP contribution in [-0.2, 0) is 0 Å². The molecule has 0 aromatic heterocycles. The van der Waals surface area contributed by atoms with Crippen LogP contribution in [-0.4, -0.2) is 11.9 Å². The molecular formula is C13H19NO. The van der Waals surface area contributed by atoms with Gasteiger partial charge in [-0.2, -0.15) is 0 Å². The zero-order valence-corrected chi connectivity index (χ0v) is 9.92. The first-order valence-electron chi connectivity index (χ1n) is 5.42. The number of nitrogens with one attached hydrogen (secondary N) is 1. The first-order valence-corrected chi connectivity index (χ1v) is 5.42. The molecule has 15 heavy (non-hydrogen) atoms. The lowest BCUT2D eigenvalue weighted by molar-refractivity contribution is 0.0939. The minimum Gasteiger partial charge on any atom is -0.350 e. The van der Waals surface area contributed by atoms with Crippen LogP contribution in [0, 0.1) is 13.8 Å². The van der Waals surface area contributed by atoms with Crippen molar-refractivity contribution in [2.45, 2.75) is 40.2 Å². The predicted octanol–water partition coefficient (Wildman–Crippen LogP) is 2.83. The van der Waals surface area contributed by atoms with E-state index < -0.39 is 0 Å². The van der Waals surface area contributed by atoms with E-state index in [1.54, 1.807) is 0 Å².